The number of nitrogens with one attached hydrogen (secondary N) is 1. The van der Waals surface area contributed by atoms with E-state index in [1.807, 2.05) is 6.92 Å². The average molecular weight is 693 g/mol. The summed E-state index contributed by atoms with van der Waals surface area (Å²) in [5.74, 6) is -1.32. The first-order valence-electron chi connectivity index (χ1n) is 13.7. The zero-order valence-electron chi connectivity index (χ0n) is 23.9. The lowest BCUT2D eigenvalue weighted by Gasteiger charge is -2.33. The van der Waals surface area contributed by atoms with Crippen LogP contribution in [0, 0.1) is 0 Å². The van der Waals surface area contributed by atoms with Crippen molar-refractivity contribution in [1.29, 1.82) is 0 Å². The van der Waals surface area contributed by atoms with Gasteiger partial charge in [-0.1, -0.05) is 79.3 Å². The fourth-order valence-corrected chi connectivity index (χ4v) is 6.51. The number of unbranched alkanes of at least 4 members (excludes halogenated alkanes) is 1. The summed E-state index contributed by atoms with van der Waals surface area (Å²) in [7, 11) is -4.58. The molecule has 2 amide bonds. The molecule has 0 bridgehead atoms. The Labute approximate surface area is 269 Å². The van der Waals surface area contributed by atoms with E-state index in [0.717, 1.165) is 18.6 Å². The third-order valence-corrected chi connectivity index (χ3v) is 9.43. The normalized spacial score (nSPS) is 12.5. The van der Waals surface area contributed by atoms with Gasteiger partial charge in [-0.15, -0.1) is 0 Å². The lowest BCUT2D eigenvalue weighted by molar-refractivity contribution is -0.140. The largest absolute Gasteiger partial charge is 0.417 e. The van der Waals surface area contributed by atoms with Gasteiger partial charge in [0.25, 0.3) is 10.0 Å². The fraction of sp³-hybridized carbons (Fsp3) is 0.333. The van der Waals surface area contributed by atoms with Crippen LogP contribution in [0.4, 0.5) is 18.9 Å². The van der Waals surface area contributed by atoms with Crippen LogP contribution < -0.4 is 9.62 Å². The molecule has 0 radical (unpaired) electrons. The number of alkyl halides is 3. The van der Waals surface area contributed by atoms with Crippen LogP contribution in [0.5, 0.6) is 0 Å². The summed E-state index contributed by atoms with van der Waals surface area (Å²) < 4.78 is 69.7. The van der Waals surface area contributed by atoms with Crippen LogP contribution in [0.2, 0.25) is 15.1 Å². The summed E-state index contributed by atoms with van der Waals surface area (Å²) in [5, 5.41) is 2.70. The first-order valence-corrected chi connectivity index (χ1v) is 16.2. The molecule has 0 aromatic heterocycles. The molecular weight excluding hydrogens is 662 g/mol. The Bertz CT molecular complexity index is 1570. The number of anilines is 1. The maximum Gasteiger partial charge on any atom is 0.417 e. The molecule has 238 valence electrons. The van der Waals surface area contributed by atoms with Crippen molar-refractivity contribution in [2.75, 3.05) is 17.4 Å². The third-order valence-electron chi connectivity index (χ3n) is 6.72. The van der Waals surface area contributed by atoms with E-state index in [-0.39, 0.29) is 22.9 Å². The summed E-state index contributed by atoms with van der Waals surface area (Å²) in [6, 6.07) is 13.1. The molecule has 0 aliphatic rings. The second-order valence-corrected chi connectivity index (χ2v) is 12.9. The highest BCUT2D eigenvalue weighted by atomic mass is 35.5. The van der Waals surface area contributed by atoms with E-state index in [0.29, 0.717) is 33.9 Å². The first kappa shape index (κ1) is 35.5. The molecule has 0 spiro atoms. The number of carbonyl (C=O) groups excluding carboxylic acids is 2. The van der Waals surface area contributed by atoms with Crippen molar-refractivity contribution in [3.8, 4) is 0 Å². The lowest BCUT2D eigenvalue weighted by Crippen LogP contribution is -2.52. The van der Waals surface area contributed by atoms with Crippen LogP contribution in [0.1, 0.15) is 44.2 Å². The van der Waals surface area contributed by atoms with Crippen molar-refractivity contribution in [3.63, 3.8) is 0 Å². The topological polar surface area (TPSA) is 86.8 Å². The highest BCUT2D eigenvalue weighted by Crippen LogP contribution is 2.38. The standard InChI is InChI=1S/C30H31Cl3F3N3O4S/c1-3-5-15-37-29(41)27(4-2)38(18-20-11-12-21(31)16-26(20)33)28(40)19-39(44(42,43)23-9-7-6-8-10-23)22-13-14-25(32)24(17-22)30(34,35)36/h6-14,16-17,27H,3-5,15,18-19H2,1-2H3,(H,37,41)/t27-/m1/s1. The molecule has 3 rings (SSSR count). The van der Waals surface area contributed by atoms with Crippen molar-refractivity contribution in [3.05, 3.63) is 92.9 Å². The monoisotopic (exact) mass is 691 g/mol. The van der Waals surface area contributed by atoms with Crippen LogP contribution >= 0.6 is 34.8 Å². The zero-order valence-corrected chi connectivity index (χ0v) is 27.0. The lowest BCUT2D eigenvalue weighted by atomic mass is 10.1. The molecule has 44 heavy (non-hydrogen) atoms. The molecule has 1 atom stereocenters. The minimum absolute atomic E-state index is 0.152. The summed E-state index contributed by atoms with van der Waals surface area (Å²) in [5.41, 5.74) is -1.29. The number of halogens is 6. The smallest absolute Gasteiger partial charge is 0.354 e. The molecular formula is C30H31Cl3F3N3O4S. The number of hydrogen-bond donors (Lipinski definition) is 1. The van der Waals surface area contributed by atoms with E-state index in [2.05, 4.69) is 5.32 Å². The van der Waals surface area contributed by atoms with Gasteiger partial charge in [-0.2, -0.15) is 13.2 Å². The van der Waals surface area contributed by atoms with Gasteiger partial charge in [-0.3, -0.25) is 13.9 Å². The van der Waals surface area contributed by atoms with Gasteiger partial charge in [0, 0.05) is 23.1 Å². The maximum absolute atomic E-state index is 14.1. The number of carbonyl (C=O) groups is 2. The van der Waals surface area contributed by atoms with E-state index in [1.165, 1.54) is 35.2 Å². The van der Waals surface area contributed by atoms with Crippen molar-refractivity contribution >= 4 is 62.3 Å². The Morgan fingerprint density at radius 1 is 0.932 bits per heavy atom. The quantitative estimate of drug-likeness (QED) is 0.187. The molecule has 1 N–H and O–H groups in total. The van der Waals surface area contributed by atoms with E-state index >= 15 is 0 Å². The number of amides is 2. The molecule has 0 saturated carbocycles. The maximum atomic E-state index is 14.1. The van der Waals surface area contributed by atoms with Crippen molar-refractivity contribution in [2.24, 2.45) is 0 Å². The predicted molar refractivity (Wildman–Crippen MR) is 166 cm³/mol. The van der Waals surface area contributed by atoms with Crippen LogP contribution in [0.3, 0.4) is 0 Å². The van der Waals surface area contributed by atoms with Gasteiger partial charge in [0.05, 0.1) is 21.2 Å². The van der Waals surface area contributed by atoms with Crippen molar-refractivity contribution in [2.45, 2.75) is 56.8 Å². The third kappa shape index (κ3) is 8.80. The summed E-state index contributed by atoms with van der Waals surface area (Å²) in [6.45, 7) is 2.85. The minimum atomic E-state index is -4.90. The minimum Gasteiger partial charge on any atom is -0.354 e. The molecule has 0 fully saturated rings. The number of nitrogens with zero attached hydrogens (tertiary/aromatic N) is 2. The van der Waals surface area contributed by atoms with Gasteiger partial charge < -0.3 is 10.2 Å². The van der Waals surface area contributed by atoms with Gasteiger partial charge >= 0.3 is 6.18 Å². The number of benzene rings is 3. The van der Waals surface area contributed by atoms with E-state index < -0.39 is 56.9 Å². The molecule has 14 heteroatoms. The number of hydrogen-bond acceptors (Lipinski definition) is 4. The van der Waals surface area contributed by atoms with Crippen LogP contribution in [-0.4, -0.2) is 44.3 Å². The van der Waals surface area contributed by atoms with Gasteiger partial charge in [-0.25, -0.2) is 8.42 Å². The Morgan fingerprint density at radius 2 is 1.61 bits per heavy atom. The fourth-order valence-electron chi connectivity index (χ4n) is 4.39. The summed E-state index contributed by atoms with van der Waals surface area (Å²) in [6.07, 6.45) is -3.24. The predicted octanol–water partition coefficient (Wildman–Crippen LogP) is 7.58. The Kier molecular flexibility index (Phi) is 12.4. The SMILES string of the molecule is CCCCNC(=O)[C@@H](CC)N(Cc1ccc(Cl)cc1Cl)C(=O)CN(c1ccc(Cl)c(C(F)(F)F)c1)S(=O)(=O)c1ccccc1. The van der Waals surface area contributed by atoms with Crippen molar-refractivity contribution < 1.29 is 31.2 Å². The van der Waals surface area contributed by atoms with E-state index in [4.69, 9.17) is 34.8 Å². The van der Waals surface area contributed by atoms with Gasteiger partial charge in [-0.05, 0) is 60.9 Å². The Balaban J connectivity index is 2.13. The van der Waals surface area contributed by atoms with Gasteiger partial charge in [0.15, 0.2) is 0 Å². The van der Waals surface area contributed by atoms with Crippen molar-refractivity contribution in [1.82, 2.24) is 10.2 Å². The van der Waals surface area contributed by atoms with Crippen LogP contribution in [0.25, 0.3) is 0 Å². The number of sulfonamides is 1. The molecule has 0 unspecified atom stereocenters. The average Bonchev–Trinajstić information content (AvgIpc) is 2.97. The highest BCUT2D eigenvalue weighted by Gasteiger charge is 2.37. The molecule has 0 heterocycles. The molecule has 7 nitrogen and oxygen atoms in total. The Morgan fingerprint density at radius 3 is 2.20 bits per heavy atom. The molecule has 0 saturated heterocycles. The summed E-state index contributed by atoms with van der Waals surface area (Å²) >= 11 is 18.2. The Hall–Kier alpha value is -2.99. The van der Waals surface area contributed by atoms with Gasteiger partial charge in [0.2, 0.25) is 11.8 Å². The number of rotatable bonds is 13. The highest BCUT2D eigenvalue weighted by molar-refractivity contribution is 7.92. The second-order valence-electron chi connectivity index (χ2n) is 9.81. The second kappa shape index (κ2) is 15.3. The van der Waals surface area contributed by atoms with E-state index in [1.54, 1.807) is 25.1 Å². The summed E-state index contributed by atoms with van der Waals surface area (Å²) in [4.78, 5) is 28.3. The molecule has 3 aromatic carbocycles. The first-order chi connectivity index (χ1) is 20.7. The van der Waals surface area contributed by atoms with Gasteiger partial charge in [0.1, 0.15) is 12.6 Å². The molecule has 3 aromatic rings. The zero-order chi connectivity index (χ0) is 32.7. The van der Waals surface area contributed by atoms with Crippen LogP contribution in [-0.2, 0) is 32.3 Å². The van der Waals surface area contributed by atoms with E-state index in [9.17, 15) is 31.2 Å². The molecule has 0 aliphatic carbocycles. The van der Waals surface area contributed by atoms with Crippen LogP contribution in [0.15, 0.2) is 71.6 Å². The molecule has 0 aliphatic heterocycles.